The van der Waals surface area contributed by atoms with Crippen LogP contribution in [0.15, 0.2) is 12.1 Å². The van der Waals surface area contributed by atoms with Crippen LogP contribution < -0.4 is 10.5 Å². The Kier molecular flexibility index (Phi) is 7.57. The van der Waals surface area contributed by atoms with Crippen LogP contribution in [-0.2, 0) is 6.54 Å². The molecule has 1 aromatic rings. The molecule has 108 valence electrons. The number of nitrogens with two attached hydrogens (primary N) is 1. The van der Waals surface area contributed by atoms with Crippen molar-refractivity contribution < 1.29 is 4.74 Å². The van der Waals surface area contributed by atoms with Gasteiger partial charge in [-0.1, -0.05) is 51.2 Å². The van der Waals surface area contributed by atoms with Crippen LogP contribution in [-0.4, -0.2) is 6.61 Å². The summed E-state index contributed by atoms with van der Waals surface area (Å²) in [5, 5.41) is 0. The van der Waals surface area contributed by atoms with Crippen LogP contribution in [0.3, 0.4) is 0 Å². The molecule has 0 spiro atoms. The average Bonchev–Trinajstić information content (AvgIpc) is 2.40. The predicted octanol–water partition coefficient (Wildman–Crippen LogP) is 4.50. The molecule has 2 nitrogen and oxygen atoms in total. The number of ether oxygens (including phenoxy) is 1. The summed E-state index contributed by atoms with van der Waals surface area (Å²) in [7, 11) is 0. The zero-order valence-electron chi connectivity index (χ0n) is 12.8. The Hall–Kier alpha value is -1.02. The molecule has 0 saturated heterocycles. The van der Waals surface area contributed by atoms with Gasteiger partial charge in [0, 0.05) is 6.54 Å². The van der Waals surface area contributed by atoms with E-state index in [9.17, 15) is 0 Å². The Labute approximate surface area is 118 Å². The first-order valence-corrected chi connectivity index (χ1v) is 7.62. The highest BCUT2D eigenvalue weighted by Crippen LogP contribution is 2.25. The number of hydrogen-bond acceptors (Lipinski definition) is 2. The molecular formula is C17H29NO. The SMILES string of the molecule is CCCCCCCCOc1c(C)cc(CN)cc1C. The quantitative estimate of drug-likeness (QED) is 0.666. The molecule has 1 rings (SSSR count). The second-order valence-electron chi connectivity index (χ2n) is 5.38. The van der Waals surface area contributed by atoms with Crippen LogP contribution >= 0.6 is 0 Å². The summed E-state index contributed by atoms with van der Waals surface area (Å²) >= 11 is 0. The molecule has 0 fully saturated rings. The van der Waals surface area contributed by atoms with Gasteiger partial charge in [0.2, 0.25) is 0 Å². The lowest BCUT2D eigenvalue weighted by molar-refractivity contribution is 0.300. The van der Waals surface area contributed by atoms with Gasteiger partial charge >= 0.3 is 0 Å². The molecule has 0 aliphatic heterocycles. The molecule has 0 aromatic heterocycles. The van der Waals surface area contributed by atoms with Crippen LogP contribution in [0.5, 0.6) is 5.75 Å². The predicted molar refractivity (Wildman–Crippen MR) is 82.7 cm³/mol. The van der Waals surface area contributed by atoms with Crippen molar-refractivity contribution in [2.45, 2.75) is 65.8 Å². The fourth-order valence-electron chi connectivity index (χ4n) is 2.44. The van der Waals surface area contributed by atoms with E-state index in [-0.39, 0.29) is 0 Å². The molecule has 0 bridgehead atoms. The number of unbranched alkanes of at least 4 members (excludes halogenated alkanes) is 5. The zero-order chi connectivity index (χ0) is 14.1. The first-order valence-electron chi connectivity index (χ1n) is 7.62. The first kappa shape index (κ1) is 16.0. The van der Waals surface area contributed by atoms with Crippen LogP contribution in [0.1, 0.15) is 62.1 Å². The van der Waals surface area contributed by atoms with Gasteiger partial charge in [-0.2, -0.15) is 0 Å². The highest BCUT2D eigenvalue weighted by molar-refractivity contribution is 5.43. The minimum atomic E-state index is 0.597. The highest BCUT2D eigenvalue weighted by Gasteiger charge is 2.05. The van der Waals surface area contributed by atoms with Gasteiger partial charge in [0.25, 0.3) is 0 Å². The van der Waals surface area contributed by atoms with E-state index in [2.05, 4.69) is 32.9 Å². The molecular weight excluding hydrogens is 234 g/mol. The van der Waals surface area contributed by atoms with Gasteiger partial charge in [-0.15, -0.1) is 0 Å². The van der Waals surface area contributed by atoms with Crippen molar-refractivity contribution in [2.75, 3.05) is 6.61 Å². The lowest BCUT2D eigenvalue weighted by Crippen LogP contribution is -2.03. The van der Waals surface area contributed by atoms with E-state index >= 15 is 0 Å². The van der Waals surface area contributed by atoms with Gasteiger partial charge in [0.1, 0.15) is 5.75 Å². The summed E-state index contributed by atoms with van der Waals surface area (Å²) in [5.74, 6) is 1.05. The number of benzene rings is 1. The molecule has 1 aromatic carbocycles. The third kappa shape index (κ3) is 5.65. The largest absolute Gasteiger partial charge is 0.493 e. The Bertz CT molecular complexity index is 351. The van der Waals surface area contributed by atoms with E-state index in [1.807, 2.05) is 0 Å². The lowest BCUT2D eigenvalue weighted by atomic mass is 10.1. The minimum Gasteiger partial charge on any atom is -0.493 e. The topological polar surface area (TPSA) is 35.2 Å². The fourth-order valence-corrected chi connectivity index (χ4v) is 2.44. The highest BCUT2D eigenvalue weighted by atomic mass is 16.5. The van der Waals surface area contributed by atoms with Crippen molar-refractivity contribution >= 4 is 0 Å². The third-order valence-corrected chi connectivity index (χ3v) is 3.50. The summed E-state index contributed by atoms with van der Waals surface area (Å²) < 4.78 is 5.93. The van der Waals surface area contributed by atoms with Crippen molar-refractivity contribution in [2.24, 2.45) is 5.73 Å². The first-order chi connectivity index (χ1) is 9.19. The van der Waals surface area contributed by atoms with Crippen molar-refractivity contribution in [3.8, 4) is 5.75 Å². The summed E-state index contributed by atoms with van der Waals surface area (Å²) in [6.07, 6.45) is 7.79. The molecule has 0 atom stereocenters. The van der Waals surface area contributed by atoms with E-state index in [4.69, 9.17) is 10.5 Å². The van der Waals surface area contributed by atoms with Gasteiger partial charge in [-0.05, 0) is 37.0 Å². The Morgan fingerprint density at radius 3 is 2.11 bits per heavy atom. The number of rotatable bonds is 9. The van der Waals surface area contributed by atoms with Gasteiger partial charge in [-0.3, -0.25) is 0 Å². The van der Waals surface area contributed by atoms with Gasteiger partial charge in [-0.25, -0.2) is 0 Å². The molecule has 2 N–H and O–H groups in total. The van der Waals surface area contributed by atoms with E-state index in [1.54, 1.807) is 0 Å². The van der Waals surface area contributed by atoms with Gasteiger partial charge < -0.3 is 10.5 Å². The average molecular weight is 263 g/mol. The molecule has 0 saturated carbocycles. The van der Waals surface area contributed by atoms with E-state index in [0.29, 0.717) is 6.54 Å². The van der Waals surface area contributed by atoms with E-state index in [1.165, 1.54) is 48.8 Å². The second kappa shape index (κ2) is 8.98. The zero-order valence-corrected chi connectivity index (χ0v) is 12.8. The molecule has 0 radical (unpaired) electrons. The van der Waals surface area contributed by atoms with Crippen molar-refractivity contribution in [3.05, 3.63) is 28.8 Å². The molecule has 0 aliphatic rings. The number of hydrogen-bond donors (Lipinski definition) is 1. The maximum absolute atomic E-state index is 5.93. The van der Waals surface area contributed by atoms with Crippen molar-refractivity contribution in [1.29, 1.82) is 0 Å². The van der Waals surface area contributed by atoms with Gasteiger partial charge in [0.05, 0.1) is 6.61 Å². The molecule has 19 heavy (non-hydrogen) atoms. The molecule has 0 heterocycles. The van der Waals surface area contributed by atoms with E-state index in [0.717, 1.165) is 18.8 Å². The monoisotopic (exact) mass is 263 g/mol. The molecule has 0 unspecified atom stereocenters. The van der Waals surface area contributed by atoms with Crippen LogP contribution in [0.2, 0.25) is 0 Å². The Morgan fingerprint density at radius 1 is 0.947 bits per heavy atom. The summed E-state index contributed by atoms with van der Waals surface area (Å²) in [6.45, 7) is 7.88. The van der Waals surface area contributed by atoms with Crippen molar-refractivity contribution in [1.82, 2.24) is 0 Å². The van der Waals surface area contributed by atoms with Crippen LogP contribution in [0.4, 0.5) is 0 Å². The maximum Gasteiger partial charge on any atom is 0.125 e. The Morgan fingerprint density at radius 2 is 1.53 bits per heavy atom. The third-order valence-electron chi connectivity index (χ3n) is 3.50. The normalized spacial score (nSPS) is 10.7. The summed E-state index contributed by atoms with van der Waals surface area (Å²) in [6, 6.07) is 4.26. The van der Waals surface area contributed by atoms with Crippen LogP contribution in [0, 0.1) is 13.8 Å². The fraction of sp³-hybridized carbons (Fsp3) is 0.647. The smallest absolute Gasteiger partial charge is 0.125 e. The minimum absolute atomic E-state index is 0.597. The standard InChI is InChI=1S/C17H29NO/c1-4-5-6-7-8-9-10-19-17-14(2)11-16(13-18)12-15(17)3/h11-12H,4-10,13,18H2,1-3H3. The number of aryl methyl sites for hydroxylation is 2. The van der Waals surface area contributed by atoms with Crippen LogP contribution in [0.25, 0.3) is 0 Å². The maximum atomic E-state index is 5.93. The second-order valence-corrected chi connectivity index (χ2v) is 5.38. The summed E-state index contributed by atoms with van der Waals surface area (Å²) in [4.78, 5) is 0. The Balaban J connectivity index is 2.33. The molecule has 2 heteroatoms. The van der Waals surface area contributed by atoms with Gasteiger partial charge in [0.15, 0.2) is 0 Å². The molecule has 0 aliphatic carbocycles. The molecule has 0 amide bonds. The summed E-state index contributed by atoms with van der Waals surface area (Å²) in [5.41, 5.74) is 9.26. The van der Waals surface area contributed by atoms with Crippen molar-refractivity contribution in [3.63, 3.8) is 0 Å². The van der Waals surface area contributed by atoms with E-state index < -0.39 is 0 Å². The lowest BCUT2D eigenvalue weighted by Gasteiger charge is -2.13.